The van der Waals surface area contributed by atoms with Crippen molar-refractivity contribution in [3.63, 3.8) is 0 Å². The fourth-order valence-corrected chi connectivity index (χ4v) is 2.52. The van der Waals surface area contributed by atoms with Gasteiger partial charge < -0.3 is 11.1 Å². The number of unbranched alkanes of at least 4 members (excludes halogenated alkanes) is 3. The molecule has 0 unspecified atom stereocenters. The van der Waals surface area contributed by atoms with Crippen LogP contribution in [-0.2, 0) is 6.54 Å². The summed E-state index contributed by atoms with van der Waals surface area (Å²) in [5.41, 5.74) is 6.80. The Hall–Kier alpha value is -1.85. The highest BCUT2D eigenvalue weighted by atomic mass is 35.5. The van der Waals surface area contributed by atoms with Crippen LogP contribution in [0.4, 0.5) is 5.69 Å². The molecule has 1 aromatic heterocycles. The summed E-state index contributed by atoms with van der Waals surface area (Å²) in [4.78, 5) is 12.3. The van der Waals surface area contributed by atoms with Crippen molar-refractivity contribution in [1.82, 2.24) is 9.78 Å². The van der Waals surface area contributed by atoms with E-state index in [-0.39, 0.29) is 10.6 Å². The van der Waals surface area contributed by atoms with Gasteiger partial charge in [0.2, 0.25) is 0 Å². The molecule has 124 valence electrons. The van der Waals surface area contributed by atoms with Gasteiger partial charge in [-0.15, -0.1) is 0 Å². The lowest BCUT2D eigenvalue weighted by Gasteiger charge is -2.10. The minimum atomic E-state index is -0.274. The number of hydrogen-bond acceptors (Lipinski definition) is 4. The maximum Gasteiger partial charge on any atom is 0.287 e. The molecule has 0 saturated carbocycles. The minimum Gasteiger partial charge on any atom is -0.382 e. The average molecular weight is 335 g/mol. The van der Waals surface area contributed by atoms with Crippen LogP contribution in [0.1, 0.15) is 31.2 Å². The van der Waals surface area contributed by atoms with Crippen molar-refractivity contribution < 1.29 is 0 Å². The third-order valence-electron chi connectivity index (χ3n) is 3.61. The Balaban J connectivity index is 1.93. The van der Waals surface area contributed by atoms with E-state index in [1.54, 1.807) is 6.20 Å². The van der Waals surface area contributed by atoms with Crippen LogP contribution in [0, 0.1) is 0 Å². The Labute approximate surface area is 141 Å². The van der Waals surface area contributed by atoms with Crippen LogP contribution >= 0.6 is 11.6 Å². The molecular weight excluding hydrogens is 312 g/mol. The van der Waals surface area contributed by atoms with Crippen LogP contribution in [-0.4, -0.2) is 22.9 Å². The van der Waals surface area contributed by atoms with Gasteiger partial charge in [-0.3, -0.25) is 4.79 Å². The lowest BCUT2D eigenvalue weighted by Crippen LogP contribution is -2.25. The lowest BCUT2D eigenvalue weighted by atomic mass is 10.2. The van der Waals surface area contributed by atoms with Crippen molar-refractivity contribution in [3.05, 3.63) is 57.5 Å². The van der Waals surface area contributed by atoms with Crippen molar-refractivity contribution in [2.45, 2.75) is 32.2 Å². The number of nitrogens with one attached hydrogen (secondary N) is 1. The van der Waals surface area contributed by atoms with E-state index in [0.717, 1.165) is 44.3 Å². The topological polar surface area (TPSA) is 72.9 Å². The Morgan fingerprint density at radius 3 is 2.61 bits per heavy atom. The van der Waals surface area contributed by atoms with Gasteiger partial charge in [0.05, 0.1) is 18.4 Å². The summed E-state index contributed by atoms with van der Waals surface area (Å²) in [6, 6.07) is 9.71. The number of rotatable bonds is 9. The molecule has 23 heavy (non-hydrogen) atoms. The summed E-state index contributed by atoms with van der Waals surface area (Å²) in [5.74, 6) is 0. The predicted molar refractivity (Wildman–Crippen MR) is 95.1 cm³/mol. The Kier molecular flexibility index (Phi) is 7.10. The van der Waals surface area contributed by atoms with Crippen molar-refractivity contribution >= 4 is 17.3 Å². The molecule has 0 spiro atoms. The molecule has 0 aliphatic heterocycles. The molecule has 0 bridgehead atoms. The van der Waals surface area contributed by atoms with Crippen molar-refractivity contribution in [2.24, 2.45) is 5.73 Å². The third-order valence-corrected chi connectivity index (χ3v) is 3.97. The number of benzene rings is 1. The van der Waals surface area contributed by atoms with Crippen molar-refractivity contribution in [3.8, 4) is 0 Å². The first-order valence-corrected chi connectivity index (χ1v) is 8.33. The Morgan fingerprint density at radius 1 is 1.13 bits per heavy atom. The normalized spacial score (nSPS) is 10.7. The average Bonchev–Trinajstić information content (AvgIpc) is 2.58. The zero-order chi connectivity index (χ0) is 16.5. The fraction of sp³-hybridized carbons (Fsp3) is 0.412. The highest BCUT2D eigenvalue weighted by Crippen LogP contribution is 2.15. The van der Waals surface area contributed by atoms with E-state index < -0.39 is 0 Å². The molecule has 1 aromatic carbocycles. The quantitative estimate of drug-likeness (QED) is 0.692. The second-order valence-corrected chi connectivity index (χ2v) is 5.83. The van der Waals surface area contributed by atoms with Crippen LogP contribution in [0.3, 0.4) is 0 Å². The van der Waals surface area contributed by atoms with E-state index in [0.29, 0.717) is 12.2 Å². The maximum absolute atomic E-state index is 12.3. The molecule has 2 rings (SSSR count). The summed E-state index contributed by atoms with van der Waals surface area (Å²) >= 11 is 6.17. The monoisotopic (exact) mass is 334 g/mol. The van der Waals surface area contributed by atoms with Gasteiger partial charge in [-0.2, -0.15) is 5.10 Å². The zero-order valence-electron chi connectivity index (χ0n) is 13.2. The van der Waals surface area contributed by atoms with E-state index in [2.05, 4.69) is 10.4 Å². The molecule has 3 N–H and O–H groups in total. The van der Waals surface area contributed by atoms with E-state index in [4.69, 9.17) is 17.3 Å². The summed E-state index contributed by atoms with van der Waals surface area (Å²) < 4.78 is 1.38. The first kappa shape index (κ1) is 17.5. The molecule has 2 aromatic rings. The summed E-state index contributed by atoms with van der Waals surface area (Å²) in [5, 5.41) is 7.58. The number of anilines is 1. The second kappa shape index (κ2) is 9.33. The van der Waals surface area contributed by atoms with Gasteiger partial charge in [-0.1, -0.05) is 54.8 Å². The first-order valence-electron chi connectivity index (χ1n) is 7.96. The summed E-state index contributed by atoms with van der Waals surface area (Å²) in [6.07, 6.45) is 5.93. The molecule has 0 radical (unpaired) electrons. The Bertz CT molecular complexity index is 657. The molecule has 0 saturated heterocycles. The van der Waals surface area contributed by atoms with Gasteiger partial charge in [0.1, 0.15) is 5.02 Å². The number of nitrogens with two attached hydrogens (primary N) is 1. The van der Waals surface area contributed by atoms with Gasteiger partial charge in [0.15, 0.2) is 0 Å². The molecule has 0 atom stereocenters. The SMILES string of the molecule is NCCCCCCNc1cnn(Cc2ccccc2)c(=O)c1Cl. The molecule has 6 heteroatoms. The van der Waals surface area contributed by atoms with E-state index in [9.17, 15) is 4.79 Å². The van der Waals surface area contributed by atoms with Crippen LogP contribution in [0.15, 0.2) is 41.3 Å². The molecular formula is C17H23ClN4O. The van der Waals surface area contributed by atoms with Crippen LogP contribution in [0.2, 0.25) is 5.02 Å². The van der Waals surface area contributed by atoms with Gasteiger partial charge in [0.25, 0.3) is 5.56 Å². The van der Waals surface area contributed by atoms with Gasteiger partial charge in [-0.25, -0.2) is 4.68 Å². The van der Waals surface area contributed by atoms with Gasteiger partial charge in [0, 0.05) is 6.54 Å². The van der Waals surface area contributed by atoms with E-state index >= 15 is 0 Å². The number of aromatic nitrogens is 2. The smallest absolute Gasteiger partial charge is 0.287 e. The zero-order valence-corrected chi connectivity index (χ0v) is 13.9. The molecule has 0 aliphatic rings. The molecule has 0 fully saturated rings. The second-order valence-electron chi connectivity index (χ2n) is 5.45. The van der Waals surface area contributed by atoms with Crippen molar-refractivity contribution in [1.29, 1.82) is 0 Å². The van der Waals surface area contributed by atoms with Gasteiger partial charge >= 0.3 is 0 Å². The number of halogens is 1. The molecule has 1 heterocycles. The van der Waals surface area contributed by atoms with Crippen LogP contribution < -0.4 is 16.6 Å². The molecule has 0 aliphatic carbocycles. The van der Waals surface area contributed by atoms with Crippen molar-refractivity contribution in [2.75, 3.05) is 18.4 Å². The molecule has 0 amide bonds. The number of hydrogen-bond donors (Lipinski definition) is 2. The van der Waals surface area contributed by atoms with Gasteiger partial charge in [-0.05, 0) is 24.9 Å². The summed E-state index contributed by atoms with van der Waals surface area (Å²) in [6.45, 7) is 1.93. The van der Waals surface area contributed by atoms with Crippen LogP contribution in [0.25, 0.3) is 0 Å². The summed E-state index contributed by atoms with van der Waals surface area (Å²) in [7, 11) is 0. The highest BCUT2D eigenvalue weighted by Gasteiger charge is 2.09. The predicted octanol–water partition coefficient (Wildman–Crippen LogP) is 2.88. The standard InChI is InChI=1S/C17H23ClN4O/c18-16-15(20-11-7-2-1-6-10-19)12-21-22(17(16)23)13-14-8-4-3-5-9-14/h3-5,8-9,12,20H,1-2,6-7,10-11,13,19H2. The largest absolute Gasteiger partial charge is 0.382 e. The lowest BCUT2D eigenvalue weighted by molar-refractivity contribution is 0.638. The number of nitrogens with zero attached hydrogens (tertiary/aromatic N) is 2. The van der Waals surface area contributed by atoms with E-state index in [1.165, 1.54) is 4.68 Å². The highest BCUT2D eigenvalue weighted by molar-refractivity contribution is 6.32. The maximum atomic E-state index is 12.3. The van der Waals surface area contributed by atoms with E-state index in [1.807, 2.05) is 30.3 Å². The fourth-order valence-electron chi connectivity index (χ4n) is 2.30. The minimum absolute atomic E-state index is 0.192. The first-order chi connectivity index (χ1) is 11.2. The Morgan fingerprint density at radius 2 is 1.87 bits per heavy atom. The third kappa shape index (κ3) is 5.37. The van der Waals surface area contributed by atoms with Crippen LogP contribution in [0.5, 0.6) is 0 Å². The molecule has 5 nitrogen and oxygen atoms in total.